The number of likely N-dealkylation sites (N-methyl/N-ethyl adjacent to an activating group) is 1. The SMILES string of the molecule is CCC1CCCC1Nc1ccc(CC(=O)NC)cc1. The van der Waals surface area contributed by atoms with E-state index in [4.69, 9.17) is 0 Å². The van der Waals surface area contributed by atoms with Gasteiger partial charge in [-0.2, -0.15) is 0 Å². The summed E-state index contributed by atoms with van der Waals surface area (Å²) in [7, 11) is 1.67. The first-order valence-electron chi connectivity index (χ1n) is 7.29. The summed E-state index contributed by atoms with van der Waals surface area (Å²) < 4.78 is 0. The van der Waals surface area contributed by atoms with Crippen molar-refractivity contribution in [2.24, 2.45) is 5.92 Å². The van der Waals surface area contributed by atoms with Gasteiger partial charge in [-0.15, -0.1) is 0 Å². The first-order valence-corrected chi connectivity index (χ1v) is 7.29. The highest BCUT2D eigenvalue weighted by atomic mass is 16.1. The lowest BCUT2D eigenvalue weighted by Gasteiger charge is -2.21. The van der Waals surface area contributed by atoms with E-state index in [1.165, 1.54) is 31.4 Å². The maximum absolute atomic E-state index is 11.3. The average molecular weight is 260 g/mol. The summed E-state index contributed by atoms with van der Waals surface area (Å²) in [5.41, 5.74) is 2.23. The first kappa shape index (κ1) is 13.9. The number of carbonyl (C=O) groups is 1. The van der Waals surface area contributed by atoms with E-state index in [1.54, 1.807) is 7.05 Å². The Kier molecular flexibility index (Phi) is 4.83. The molecule has 0 heterocycles. The normalized spacial score (nSPS) is 22.2. The lowest BCUT2D eigenvalue weighted by atomic mass is 10.0. The van der Waals surface area contributed by atoms with Gasteiger partial charge in [-0.05, 0) is 36.5 Å². The van der Waals surface area contributed by atoms with Crippen molar-refractivity contribution >= 4 is 11.6 Å². The third-order valence-corrected chi connectivity index (χ3v) is 4.13. The standard InChI is InChI=1S/C16H24N2O/c1-3-13-5-4-6-15(13)18-14-9-7-12(8-10-14)11-16(19)17-2/h7-10,13,15,18H,3-6,11H2,1-2H3,(H,17,19). The number of amides is 1. The predicted molar refractivity (Wildman–Crippen MR) is 79.3 cm³/mol. The topological polar surface area (TPSA) is 41.1 Å². The van der Waals surface area contributed by atoms with Gasteiger partial charge in [0.05, 0.1) is 6.42 Å². The molecule has 2 N–H and O–H groups in total. The molecule has 0 aliphatic heterocycles. The molecule has 1 amide bonds. The highest BCUT2D eigenvalue weighted by molar-refractivity contribution is 5.78. The highest BCUT2D eigenvalue weighted by Crippen LogP contribution is 2.30. The fourth-order valence-electron chi connectivity index (χ4n) is 2.92. The smallest absolute Gasteiger partial charge is 0.224 e. The van der Waals surface area contributed by atoms with Crippen molar-refractivity contribution in [3.8, 4) is 0 Å². The Bertz CT molecular complexity index is 413. The Morgan fingerprint density at radius 2 is 2.00 bits per heavy atom. The Hall–Kier alpha value is -1.51. The molecule has 3 nitrogen and oxygen atoms in total. The number of carbonyl (C=O) groups excluding carboxylic acids is 1. The number of benzene rings is 1. The number of anilines is 1. The molecule has 0 aromatic heterocycles. The van der Waals surface area contributed by atoms with E-state index in [2.05, 4.69) is 29.7 Å². The van der Waals surface area contributed by atoms with Gasteiger partial charge in [0.2, 0.25) is 5.91 Å². The quantitative estimate of drug-likeness (QED) is 0.854. The minimum Gasteiger partial charge on any atom is -0.382 e. The molecule has 1 aliphatic carbocycles. The van der Waals surface area contributed by atoms with Crippen LogP contribution in [0.4, 0.5) is 5.69 Å². The zero-order valence-electron chi connectivity index (χ0n) is 11.9. The van der Waals surface area contributed by atoms with Crippen molar-refractivity contribution in [3.05, 3.63) is 29.8 Å². The van der Waals surface area contributed by atoms with Crippen molar-refractivity contribution in [2.45, 2.75) is 45.1 Å². The highest BCUT2D eigenvalue weighted by Gasteiger charge is 2.25. The second-order valence-corrected chi connectivity index (χ2v) is 5.40. The van der Waals surface area contributed by atoms with Crippen molar-refractivity contribution < 1.29 is 4.79 Å². The number of nitrogens with one attached hydrogen (secondary N) is 2. The number of rotatable bonds is 5. The van der Waals surface area contributed by atoms with E-state index in [1.807, 2.05) is 12.1 Å². The number of hydrogen-bond acceptors (Lipinski definition) is 2. The van der Waals surface area contributed by atoms with Gasteiger partial charge in [-0.3, -0.25) is 4.79 Å². The summed E-state index contributed by atoms with van der Waals surface area (Å²) in [6.45, 7) is 2.27. The van der Waals surface area contributed by atoms with E-state index in [9.17, 15) is 4.79 Å². The molecule has 3 heteroatoms. The van der Waals surface area contributed by atoms with Gasteiger partial charge < -0.3 is 10.6 Å². The van der Waals surface area contributed by atoms with Crippen LogP contribution in [-0.4, -0.2) is 19.0 Å². The second kappa shape index (κ2) is 6.60. The van der Waals surface area contributed by atoms with E-state index in [0.717, 1.165) is 11.5 Å². The fourth-order valence-corrected chi connectivity index (χ4v) is 2.92. The van der Waals surface area contributed by atoms with Crippen molar-refractivity contribution in [1.82, 2.24) is 5.32 Å². The van der Waals surface area contributed by atoms with Crippen LogP contribution in [0.15, 0.2) is 24.3 Å². The van der Waals surface area contributed by atoms with Crippen LogP contribution in [0.3, 0.4) is 0 Å². The van der Waals surface area contributed by atoms with Gasteiger partial charge in [0.1, 0.15) is 0 Å². The summed E-state index contributed by atoms with van der Waals surface area (Å²) in [5, 5.41) is 6.28. The zero-order valence-corrected chi connectivity index (χ0v) is 11.9. The summed E-state index contributed by atoms with van der Waals surface area (Å²) >= 11 is 0. The van der Waals surface area contributed by atoms with E-state index < -0.39 is 0 Å². The van der Waals surface area contributed by atoms with Crippen LogP contribution in [0.5, 0.6) is 0 Å². The van der Waals surface area contributed by atoms with Gasteiger partial charge in [0.15, 0.2) is 0 Å². The van der Waals surface area contributed by atoms with E-state index >= 15 is 0 Å². The average Bonchev–Trinajstić information content (AvgIpc) is 2.88. The van der Waals surface area contributed by atoms with Crippen LogP contribution in [0.2, 0.25) is 0 Å². The van der Waals surface area contributed by atoms with Gasteiger partial charge in [0, 0.05) is 18.8 Å². The molecule has 2 rings (SSSR count). The molecule has 0 spiro atoms. The zero-order chi connectivity index (χ0) is 13.7. The minimum absolute atomic E-state index is 0.0579. The van der Waals surface area contributed by atoms with Crippen LogP contribution in [0.1, 0.15) is 38.2 Å². The van der Waals surface area contributed by atoms with Gasteiger partial charge in [0.25, 0.3) is 0 Å². The van der Waals surface area contributed by atoms with Crippen molar-refractivity contribution in [3.63, 3.8) is 0 Å². The first-order chi connectivity index (χ1) is 9.22. The van der Waals surface area contributed by atoms with E-state index in [-0.39, 0.29) is 5.91 Å². The molecule has 1 aromatic rings. The Labute approximate surface area is 115 Å². The molecule has 19 heavy (non-hydrogen) atoms. The van der Waals surface area contributed by atoms with Crippen LogP contribution in [0.25, 0.3) is 0 Å². The van der Waals surface area contributed by atoms with Crippen LogP contribution in [-0.2, 0) is 11.2 Å². The molecule has 0 saturated heterocycles. The van der Waals surface area contributed by atoms with Gasteiger partial charge >= 0.3 is 0 Å². The Balaban J connectivity index is 1.93. The Morgan fingerprint density at radius 3 is 2.63 bits per heavy atom. The summed E-state index contributed by atoms with van der Waals surface area (Å²) in [5.74, 6) is 0.869. The summed E-state index contributed by atoms with van der Waals surface area (Å²) in [6, 6.07) is 8.86. The second-order valence-electron chi connectivity index (χ2n) is 5.40. The number of hydrogen-bond donors (Lipinski definition) is 2. The maximum Gasteiger partial charge on any atom is 0.224 e. The molecule has 1 aliphatic rings. The van der Waals surface area contributed by atoms with E-state index in [0.29, 0.717) is 12.5 Å². The predicted octanol–water partition coefficient (Wildman–Crippen LogP) is 2.97. The summed E-state index contributed by atoms with van der Waals surface area (Å²) in [6.07, 6.45) is 5.68. The molecule has 0 radical (unpaired) electrons. The molecular weight excluding hydrogens is 236 g/mol. The molecular formula is C16H24N2O. The molecule has 2 unspecified atom stereocenters. The van der Waals surface area contributed by atoms with Gasteiger partial charge in [-0.25, -0.2) is 0 Å². The van der Waals surface area contributed by atoms with Crippen LogP contribution in [0, 0.1) is 5.92 Å². The van der Waals surface area contributed by atoms with Crippen LogP contribution < -0.4 is 10.6 Å². The monoisotopic (exact) mass is 260 g/mol. The lowest BCUT2D eigenvalue weighted by molar-refractivity contribution is -0.119. The lowest BCUT2D eigenvalue weighted by Crippen LogP contribution is -2.23. The molecule has 2 atom stereocenters. The largest absolute Gasteiger partial charge is 0.382 e. The van der Waals surface area contributed by atoms with Crippen molar-refractivity contribution in [2.75, 3.05) is 12.4 Å². The Morgan fingerprint density at radius 1 is 1.26 bits per heavy atom. The summed E-state index contributed by atoms with van der Waals surface area (Å²) in [4.78, 5) is 11.3. The molecule has 104 valence electrons. The molecule has 1 aromatic carbocycles. The third-order valence-electron chi connectivity index (χ3n) is 4.13. The van der Waals surface area contributed by atoms with Crippen LogP contribution >= 0.6 is 0 Å². The minimum atomic E-state index is 0.0579. The maximum atomic E-state index is 11.3. The third kappa shape index (κ3) is 3.72. The van der Waals surface area contributed by atoms with Crippen molar-refractivity contribution in [1.29, 1.82) is 0 Å². The molecule has 0 bridgehead atoms. The molecule has 1 saturated carbocycles. The molecule has 1 fully saturated rings. The fraction of sp³-hybridized carbons (Fsp3) is 0.562. The van der Waals surface area contributed by atoms with Gasteiger partial charge in [-0.1, -0.05) is 31.9 Å².